The molecule has 128 valence electrons. The fraction of sp³-hybridized carbons (Fsp3) is 0.235. The van der Waals surface area contributed by atoms with Crippen LogP contribution in [0.4, 0.5) is 22.0 Å². The molecule has 0 spiro atoms. The van der Waals surface area contributed by atoms with E-state index in [4.69, 9.17) is 0 Å². The molecule has 1 atom stereocenters. The molecule has 1 amide bonds. The Bertz CT molecular complexity index is 742. The van der Waals surface area contributed by atoms with Crippen LogP contribution in [0.2, 0.25) is 0 Å². The molecule has 0 aliphatic heterocycles. The van der Waals surface area contributed by atoms with Gasteiger partial charge in [0.25, 0.3) is 0 Å². The summed E-state index contributed by atoms with van der Waals surface area (Å²) in [4.78, 5) is 11.9. The number of rotatable bonds is 4. The molecule has 0 radical (unpaired) electrons. The van der Waals surface area contributed by atoms with Crippen molar-refractivity contribution in [3.05, 3.63) is 70.8 Å². The van der Waals surface area contributed by atoms with Crippen LogP contribution in [0.5, 0.6) is 0 Å². The van der Waals surface area contributed by atoms with Gasteiger partial charge in [-0.25, -0.2) is 8.78 Å². The van der Waals surface area contributed by atoms with Crippen molar-refractivity contribution in [1.29, 1.82) is 0 Å². The Morgan fingerprint density at radius 1 is 1.08 bits per heavy atom. The second-order valence-electron chi connectivity index (χ2n) is 5.34. The number of carbonyl (C=O) groups is 1. The summed E-state index contributed by atoms with van der Waals surface area (Å²) >= 11 is 0. The third kappa shape index (κ3) is 4.53. The van der Waals surface area contributed by atoms with E-state index in [0.717, 1.165) is 24.3 Å². The number of hydrogen-bond acceptors (Lipinski definition) is 1. The first kappa shape index (κ1) is 17.9. The van der Waals surface area contributed by atoms with Crippen molar-refractivity contribution >= 4 is 5.91 Å². The van der Waals surface area contributed by atoms with Gasteiger partial charge < -0.3 is 5.32 Å². The minimum Gasteiger partial charge on any atom is -0.349 e. The average Bonchev–Trinajstić information content (AvgIpc) is 2.49. The van der Waals surface area contributed by atoms with Crippen LogP contribution in [0, 0.1) is 11.6 Å². The van der Waals surface area contributed by atoms with Gasteiger partial charge in [0.15, 0.2) is 11.6 Å². The zero-order valence-electron chi connectivity index (χ0n) is 12.6. The Labute approximate surface area is 135 Å². The van der Waals surface area contributed by atoms with Gasteiger partial charge >= 0.3 is 6.18 Å². The maximum absolute atomic E-state index is 13.2. The standard InChI is InChI=1S/C17H14F5NO/c1-10(12-5-6-14(18)15(19)9-12)23-16(24)8-11-3-2-4-13(7-11)17(20,21)22/h2-7,9-10H,8H2,1H3,(H,23,24). The molecule has 2 rings (SSSR count). The van der Waals surface area contributed by atoms with Crippen LogP contribution in [0.15, 0.2) is 42.5 Å². The maximum atomic E-state index is 13.2. The summed E-state index contributed by atoms with van der Waals surface area (Å²) in [6.07, 6.45) is -4.73. The fourth-order valence-electron chi connectivity index (χ4n) is 2.20. The van der Waals surface area contributed by atoms with E-state index < -0.39 is 35.3 Å². The molecule has 0 saturated heterocycles. The van der Waals surface area contributed by atoms with Crippen LogP contribution < -0.4 is 5.32 Å². The molecular formula is C17H14F5NO. The molecule has 0 aliphatic carbocycles. The van der Waals surface area contributed by atoms with E-state index in [1.807, 2.05) is 0 Å². The van der Waals surface area contributed by atoms with Crippen molar-refractivity contribution in [2.75, 3.05) is 0 Å². The van der Waals surface area contributed by atoms with Gasteiger partial charge in [0, 0.05) is 0 Å². The molecule has 0 saturated carbocycles. The smallest absolute Gasteiger partial charge is 0.349 e. The largest absolute Gasteiger partial charge is 0.416 e. The van der Waals surface area contributed by atoms with Gasteiger partial charge in [0.05, 0.1) is 18.0 Å². The first-order valence-corrected chi connectivity index (χ1v) is 7.07. The Morgan fingerprint density at radius 2 is 1.79 bits per heavy atom. The summed E-state index contributed by atoms with van der Waals surface area (Å²) in [7, 11) is 0. The van der Waals surface area contributed by atoms with Gasteiger partial charge in [-0.2, -0.15) is 13.2 Å². The molecule has 2 nitrogen and oxygen atoms in total. The summed E-state index contributed by atoms with van der Waals surface area (Å²) < 4.78 is 64.0. The summed E-state index contributed by atoms with van der Waals surface area (Å²) in [5.41, 5.74) is -0.271. The van der Waals surface area contributed by atoms with Crippen molar-refractivity contribution in [3.63, 3.8) is 0 Å². The molecule has 24 heavy (non-hydrogen) atoms. The van der Waals surface area contributed by atoms with Gasteiger partial charge in [0.1, 0.15) is 0 Å². The normalized spacial score (nSPS) is 12.8. The summed E-state index contributed by atoms with van der Waals surface area (Å²) in [5, 5.41) is 2.54. The Kier molecular flexibility index (Phi) is 5.21. The molecular weight excluding hydrogens is 329 g/mol. The van der Waals surface area contributed by atoms with E-state index in [0.29, 0.717) is 5.56 Å². The molecule has 2 aromatic rings. The van der Waals surface area contributed by atoms with Crippen LogP contribution in [0.25, 0.3) is 0 Å². The van der Waals surface area contributed by atoms with E-state index >= 15 is 0 Å². The van der Waals surface area contributed by atoms with Crippen molar-refractivity contribution in [2.24, 2.45) is 0 Å². The van der Waals surface area contributed by atoms with Crippen LogP contribution in [0.3, 0.4) is 0 Å². The zero-order chi connectivity index (χ0) is 17.9. The molecule has 1 N–H and O–H groups in total. The van der Waals surface area contributed by atoms with Crippen LogP contribution in [-0.2, 0) is 17.4 Å². The summed E-state index contributed by atoms with van der Waals surface area (Å²) in [6, 6.07) is 7.09. The predicted octanol–water partition coefficient (Wildman–Crippen LogP) is 4.40. The Hall–Kier alpha value is -2.44. The van der Waals surface area contributed by atoms with E-state index in [1.165, 1.54) is 18.2 Å². The predicted molar refractivity (Wildman–Crippen MR) is 78.1 cm³/mol. The highest BCUT2D eigenvalue weighted by molar-refractivity contribution is 5.79. The number of benzene rings is 2. The first-order chi connectivity index (χ1) is 11.2. The van der Waals surface area contributed by atoms with Crippen LogP contribution in [-0.4, -0.2) is 5.91 Å². The molecule has 0 bridgehead atoms. The average molecular weight is 343 g/mol. The lowest BCUT2D eigenvalue weighted by Gasteiger charge is -2.15. The van der Waals surface area contributed by atoms with Gasteiger partial charge in [-0.15, -0.1) is 0 Å². The van der Waals surface area contributed by atoms with Gasteiger partial charge in [-0.1, -0.05) is 24.3 Å². The molecule has 0 aliphatic rings. The third-order valence-electron chi connectivity index (χ3n) is 3.44. The van der Waals surface area contributed by atoms with Crippen LogP contribution in [0.1, 0.15) is 29.7 Å². The maximum Gasteiger partial charge on any atom is 0.416 e. The molecule has 0 fully saturated rings. The number of halogens is 5. The van der Waals surface area contributed by atoms with Crippen molar-refractivity contribution in [3.8, 4) is 0 Å². The molecule has 0 aromatic heterocycles. The second kappa shape index (κ2) is 6.98. The van der Waals surface area contributed by atoms with E-state index in [9.17, 15) is 26.7 Å². The third-order valence-corrected chi connectivity index (χ3v) is 3.44. The quantitative estimate of drug-likeness (QED) is 0.819. The minimum absolute atomic E-state index is 0.208. The molecule has 0 heterocycles. The van der Waals surface area contributed by atoms with E-state index in [2.05, 4.69) is 5.32 Å². The number of carbonyl (C=O) groups excluding carboxylic acids is 1. The lowest BCUT2D eigenvalue weighted by molar-refractivity contribution is -0.137. The molecule has 2 aromatic carbocycles. The number of hydrogen-bond donors (Lipinski definition) is 1. The van der Waals surface area contributed by atoms with E-state index in [-0.39, 0.29) is 12.0 Å². The van der Waals surface area contributed by atoms with Crippen molar-refractivity contribution < 1.29 is 26.7 Å². The lowest BCUT2D eigenvalue weighted by atomic mass is 10.1. The summed E-state index contributed by atoms with van der Waals surface area (Å²) in [6.45, 7) is 1.57. The van der Waals surface area contributed by atoms with Crippen molar-refractivity contribution in [2.45, 2.75) is 25.6 Å². The highest BCUT2D eigenvalue weighted by atomic mass is 19.4. The SMILES string of the molecule is CC(NC(=O)Cc1cccc(C(F)(F)F)c1)c1ccc(F)c(F)c1. The van der Waals surface area contributed by atoms with Crippen molar-refractivity contribution in [1.82, 2.24) is 5.32 Å². The number of nitrogens with one attached hydrogen (secondary N) is 1. The highest BCUT2D eigenvalue weighted by Gasteiger charge is 2.30. The first-order valence-electron chi connectivity index (χ1n) is 7.07. The second-order valence-corrected chi connectivity index (χ2v) is 5.34. The summed E-state index contributed by atoms with van der Waals surface area (Å²) in [5.74, 6) is -2.56. The van der Waals surface area contributed by atoms with E-state index in [1.54, 1.807) is 6.92 Å². The van der Waals surface area contributed by atoms with Gasteiger partial charge in [-0.3, -0.25) is 4.79 Å². The topological polar surface area (TPSA) is 29.1 Å². The molecule has 7 heteroatoms. The van der Waals surface area contributed by atoms with Gasteiger partial charge in [0.2, 0.25) is 5.91 Å². The number of amides is 1. The van der Waals surface area contributed by atoms with Gasteiger partial charge in [-0.05, 0) is 36.2 Å². The fourth-order valence-corrected chi connectivity index (χ4v) is 2.20. The number of alkyl halides is 3. The lowest BCUT2D eigenvalue weighted by Crippen LogP contribution is -2.28. The Morgan fingerprint density at radius 3 is 2.42 bits per heavy atom. The monoisotopic (exact) mass is 343 g/mol. The highest BCUT2D eigenvalue weighted by Crippen LogP contribution is 2.29. The minimum atomic E-state index is -4.48. The molecule has 1 unspecified atom stereocenters. The zero-order valence-corrected chi connectivity index (χ0v) is 12.6. The van der Waals surface area contributed by atoms with Crippen LogP contribution >= 0.6 is 0 Å². The Balaban J connectivity index is 2.04.